The van der Waals surface area contributed by atoms with Crippen LogP contribution in [-0.4, -0.2) is 67.8 Å². The van der Waals surface area contributed by atoms with Crippen molar-refractivity contribution >= 4 is 82.6 Å². The number of benzene rings is 4. The minimum Gasteiger partial charge on any atom is -0.412 e. The Balaban J connectivity index is 0.000000335. The Morgan fingerprint density at radius 2 is 0.774 bits per heavy atom. The van der Waals surface area contributed by atoms with E-state index in [0.717, 1.165) is 75.5 Å². The van der Waals surface area contributed by atoms with Gasteiger partial charge in [0.2, 0.25) is 0 Å². The minimum atomic E-state index is 0. The van der Waals surface area contributed by atoms with E-state index in [1.54, 1.807) is 22.7 Å². The Kier molecular flexibility index (Phi) is 20.4. The van der Waals surface area contributed by atoms with E-state index >= 15 is 0 Å². The molecule has 4 N–H and O–H groups in total. The summed E-state index contributed by atoms with van der Waals surface area (Å²) in [6.07, 6.45) is 1.80. The molecule has 0 bridgehead atoms. The van der Waals surface area contributed by atoms with Crippen molar-refractivity contribution in [1.29, 1.82) is 0 Å². The van der Waals surface area contributed by atoms with Crippen molar-refractivity contribution in [2.24, 2.45) is 0 Å². The minimum absolute atomic E-state index is 0. The van der Waals surface area contributed by atoms with Crippen molar-refractivity contribution in [2.45, 2.75) is 12.8 Å². The molecule has 2 aliphatic rings. The zero-order valence-electron chi connectivity index (χ0n) is 29.4. The van der Waals surface area contributed by atoms with Crippen LogP contribution in [0.5, 0.6) is 0 Å². The van der Waals surface area contributed by atoms with Crippen LogP contribution in [0.2, 0.25) is 0 Å². The molecule has 7 nitrogen and oxygen atoms in total. The van der Waals surface area contributed by atoms with Crippen LogP contribution in [0.1, 0.15) is 22.5 Å². The highest BCUT2D eigenvalue weighted by Gasteiger charge is 2.15. The molecule has 6 aromatic rings. The lowest BCUT2D eigenvalue weighted by Crippen LogP contribution is -2.43. The third-order valence-electron chi connectivity index (χ3n) is 8.75. The molecule has 0 radical (unpaired) electrons. The van der Waals surface area contributed by atoms with E-state index in [1.807, 2.05) is 0 Å². The highest BCUT2D eigenvalue weighted by atomic mass is 35.5. The average Bonchev–Trinajstić information content (AvgIpc) is 3.84. The fraction of sp³-hybridized carbons (Fsp3) is 0.250. The molecule has 0 saturated carbocycles. The molecule has 0 aliphatic carbocycles. The van der Waals surface area contributed by atoms with E-state index in [9.17, 15) is 0 Å². The van der Waals surface area contributed by atoms with Gasteiger partial charge in [0.1, 0.15) is 0 Å². The van der Waals surface area contributed by atoms with Crippen LogP contribution in [0.4, 0.5) is 10.3 Å². The number of nitrogens with one attached hydrogen (secondary N) is 2. The van der Waals surface area contributed by atoms with Crippen LogP contribution in [-0.2, 0) is 12.8 Å². The van der Waals surface area contributed by atoms with E-state index in [4.69, 9.17) is 9.97 Å². The van der Waals surface area contributed by atoms with Crippen molar-refractivity contribution in [1.82, 2.24) is 20.6 Å². The van der Waals surface area contributed by atoms with Crippen LogP contribution >= 0.6 is 72.3 Å². The van der Waals surface area contributed by atoms with Gasteiger partial charge in [-0.05, 0) is 33.4 Å². The van der Waals surface area contributed by atoms with E-state index in [2.05, 4.69) is 140 Å². The second kappa shape index (κ2) is 23.5. The highest BCUT2D eigenvalue weighted by molar-refractivity contribution is 7.14. The summed E-state index contributed by atoms with van der Waals surface area (Å²) in [5, 5.41) is 13.5. The number of rotatable bonds is 8. The summed E-state index contributed by atoms with van der Waals surface area (Å²) in [5.41, 5.74) is 10.0. The lowest BCUT2D eigenvalue weighted by atomic mass is 10.0. The van der Waals surface area contributed by atoms with Gasteiger partial charge >= 0.3 is 0 Å². The van der Waals surface area contributed by atoms with Crippen LogP contribution in [0.3, 0.4) is 0 Å². The lowest BCUT2D eigenvalue weighted by Gasteiger charge is -2.26. The predicted molar refractivity (Wildman–Crippen MR) is 236 cm³/mol. The third-order valence-corrected chi connectivity index (χ3v) is 10.6. The van der Waals surface area contributed by atoms with Crippen molar-refractivity contribution in [2.75, 3.05) is 62.2 Å². The van der Waals surface area contributed by atoms with Gasteiger partial charge in [0.05, 0.1) is 11.4 Å². The zero-order chi connectivity index (χ0) is 32.4. The lowest BCUT2D eigenvalue weighted by molar-refractivity contribution is 0.588. The fourth-order valence-corrected chi connectivity index (χ4v) is 7.83. The maximum absolute atomic E-state index is 4.83. The topological polar surface area (TPSA) is 87.8 Å². The van der Waals surface area contributed by atoms with Crippen LogP contribution in [0.15, 0.2) is 120 Å². The summed E-state index contributed by atoms with van der Waals surface area (Å²) in [7, 11) is 0. The number of hydrogen-bond acceptors (Lipinski definition) is 8. The first kappa shape index (κ1) is 45.9. The molecule has 0 atom stereocenters. The maximum atomic E-state index is 4.83. The Labute approximate surface area is 346 Å². The molecule has 4 heterocycles. The molecular weight excluding hydrogens is 786 g/mol. The molecule has 8 rings (SSSR count). The molecule has 0 amide bonds. The first-order chi connectivity index (χ1) is 23.8. The van der Waals surface area contributed by atoms with Gasteiger partial charge in [0.25, 0.3) is 0 Å². The Bertz CT molecular complexity index is 1710. The van der Waals surface area contributed by atoms with Gasteiger partial charge in [-0.15, -0.1) is 72.3 Å². The first-order valence-electron chi connectivity index (χ1n) is 16.9. The SMILES string of the molecule is Cl.Cl.Cl.Cl.O.c1ccc(-c2ccc(Cc3csc(N4CCNCC4)n3)cc2)cc1.c1ccc(-c2ccc(Cc3csc(N4CCNCC4)n3)cc2)cc1. The molecule has 53 heavy (non-hydrogen) atoms. The van der Waals surface area contributed by atoms with Gasteiger partial charge in [0, 0.05) is 76.0 Å². The molecule has 2 aliphatic heterocycles. The van der Waals surface area contributed by atoms with Gasteiger partial charge < -0.3 is 25.9 Å². The Hall–Kier alpha value is -3.22. The van der Waals surface area contributed by atoms with E-state index in [0.29, 0.717) is 0 Å². The predicted octanol–water partition coefficient (Wildman–Crippen LogP) is 8.48. The zero-order valence-corrected chi connectivity index (χ0v) is 34.3. The summed E-state index contributed by atoms with van der Waals surface area (Å²) in [4.78, 5) is 14.4. The summed E-state index contributed by atoms with van der Waals surface area (Å²) >= 11 is 3.52. The Morgan fingerprint density at radius 1 is 0.453 bits per heavy atom. The molecular formula is C40H48Cl4N6OS2. The van der Waals surface area contributed by atoms with Crippen molar-refractivity contribution in [3.8, 4) is 22.3 Å². The number of piperazine rings is 2. The molecule has 2 aromatic heterocycles. The number of aromatic nitrogens is 2. The van der Waals surface area contributed by atoms with Gasteiger partial charge in [-0.25, -0.2) is 9.97 Å². The van der Waals surface area contributed by atoms with Crippen LogP contribution < -0.4 is 20.4 Å². The maximum Gasteiger partial charge on any atom is 0.185 e. The summed E-state index contributed by atoms with van der Waals surface area (Å²) in [6, 6.07) is 38.7. The second-order valence-corrected chi connectivity index (χ2v) is 13.9. The van der Waals surface area contributed by atoms with E-state index < -0.39 is 0 Å². The molecule has 2 fully saturated rings. The van der Waals surface area contributed by atoms with Crippen molar-refractivity contribution in [3.63, 3.8) is 0 Å². The van der Waals surface area contributed by atoms with E-state index in [1.165, 1.54) is 44.8 Å². The molecule has 13 heteroatoms. The monoisotopic (exact) mass is 832 g/mol. The number of nitrogens with zero attached hydrogens (tertiary/aromatic N) is 4. The summed E-state index contributed by atoms with van der Waals surface area (Å²) in [6.45, 7) is 8.42. The molecule has 4 aromatic carbocycles. The average molecular weight is 835 g/mol. The highest BCUT2D eigenvalue weighted by Crippen LogP contribution is 2.26. The number of halogens is 4. The molecule has 0 unspecified atom stereocenters. The Morgan fingerprint density at radius 3 is 1.11 bits per heavy atom. The quantitative estimate of drug-likeness (QED) is 0.160. The molecule has 284 valence electrons. The molecule has 2 saturated heterocycles. The largest absolute Gasteiger partial charge is 0.412 e. The summed E-state index contributed by atoms with van der Waals surface area (Å²) in [5.74, 6) is 0. The fourth-order valence-electron chi connectivity index (χ4n) is 6.07. The van der Waals surface area contributed by atoms with Gasteiger partial charge in [-0.3, -0.25) is 0 Å². The van der Waals surface area contributed by atoms with Crippen molar-refractivity contribution in [3.05, 3.63) is 142 Å². The first-order valence-corrected chi connectivity index (χ1v) is 18.6. The van der Waals surface area contributed by atoms with Gasteiger partial charge in [0.15, 0.2) is 10.3 Å². The number of hydrogen-bond donors (Lipinski definition) is 2. The van der Waals surface area contributed by atoms with Gasteiger partial charge in [-0.2, -0.15) is 0 Å². The van der Waals surface area contributed by atoms with E-state index in [-0.39, 0.29) is 55.1 Å². The second-order valence-electron chi connectivity index (χ2n) is 12.2. The third kappa shape index (κ3) is 13.0. The van der Waals surface area contributed by atoms with Crippen LogP contribution in [0, 0.1) is 0 Å². The van der Waals surface area contributed by atoms with Gasteiger partial charge in [-0.1, -0.05) is 109 Å². The van der Waals surface area contributed by atoms with Crippen LogP contribution in [0.25, 0.3) is 22.3 Å². The van der Waals surface area contributed by atoms with Crippen molar-refractivity contribution < 1.29 is 5.48 Å². The summed E-state index contributed by atoms with van der Waals surface area (Å²) < 4.78 is 0. The molecule has 0 spiro atoms. The standard InChI is InChI=1S/2C20H21N3S.4ClH.H2O/c2*1-2-4-17(5-3-1)18-8-6-16(7-9-18)14-19-15-24-20(22-19)23-12-10-21-11-13-23;;;;;/h2*1-9,15,21H,10-14H2;4*1H;1H2. The number of thiazole rings is 2. The number of anilines is 2. The normalized spacial score (nSPS) is 13.4. The smallest absolute Gasteiger partial charge is 0.185 e.